The Kier molecular flexibility index (Phi) is 2.46. The quantitative estimate of drug-likeness (QED) is 0.483. The van der Waals surface area contributed by atoms with Gasteiger partial charge in [-0.3, -0.25) is 0 Å². The summed E-state index contributed by atoms with van der Waals surface area (Å²) in [6.07, 6.45) is 0. The van der Waals surface area contributed by atoms with Crippen LogP contribution in [-0.4, -0.2) is 0 Å². The van der Waals surface area contributed by atoms with Gasteiger partial charge in [0.25, 0.3) is 0 Å². The van der Waals surface area contributed by atoms with Crippen molar-refractivity contribution in [2.45, 2.75) is 0 Å². The van der Waals surface area contributed by atoms with Crippen LogP contribution in [0.15, 0.2) is 77.2 Å². The third kappa shape index (κ3) is 1.74. The largest absolute Gasteiger partial charge is 0.457 e. The van der Waals surface area contributed by atoms with Gasteiger partial charge in [-0.25, -0.2) is 0 Å². The summed E-state index contributed by atoms with van der Waals surface area (Å²) in [6, 6.07) is 23.7. The number of para-hydroxylation sites is 2. The Morgan fingerprint density at radius 2 is 1.40 bits per heavy atom. The van der Waals surface area contributed by atoms with E-state index in [0.717, 1.165) is 33.4 Å². The van der Waals surface area contributed by atoms with Gasteiger partial charge in [0.05, 0.1) is 5.39 Å². The molecule has 0 aliphatic heterocycles. The fourth-order valence-electron chi connectivity index (χ4n) is 2.44. The lowest BCUT2D eigenvalue weighted by molar-refractivity contribution is 0.488. The summed E-state index contributed by atoms with van der Waals surface area (Å²) >= 11 is 0. The molecule has 0 fully saturated rings. The van der Waals surface area contributed by atoms with Gasteiger partial charge < -0.3 is 9.15 Å². The maximum Gasteiger partial charge on any atom is 0.139 e. The minimum Gasteiger partial charge on any atom is -0.457 e. The van der Waals surface area contributed by atoms with E-state index >= 15 is 0 Å². The average molecular weight is 260 g/mol. The minimum absolute atomic E-state index is 0.818. The van der Waals surface area contributed by atoms with Gasteiger partial charge in [-0.05, 0) is 30.3 Å². The van der Waals surface area contributed by atoms with Crippen LogP contribution in [0.2, 0.25) is 0 Å². The highest BCUT2D eigenvalue weighted by Gasteiger charge is 2.11. The molecule has 0 amide bonds. The molecule has 2 heteroatoms. The highest BCUT2D eigenvalue weighted by atomic mass is 16.5. The molecule has 3 aromatic carbocycles. The van der Waals surface area contributed by atoms with Gasteiger partial charge in [0.2, 0.25) is 0 Å². The SMILES string of the molecule is c1ccc(Oc2cccc3oc4ccccc4c23)cc1. The van der Waals surface area contributed by atoms with E-state index in [-0.39, 0.29) is 0 Å². The molecule has 1 aromatic heterocycles. The Labute approximate surface area is 116 Å². The van der Waals surface area contributed by atoms with Crippen molar-refractivity contribution < 1.29 is 9.15 Å². The first-order valence-corrected chi connectivity index (χ1v) is 6.55. The number of fused-ring (bicyclic) bond motifs is 3. The Hall–Kier alpha value is -2.74. The van der Waals surface area contributed by atoms with Crippen LogP contribution in [0.4, 0.5) is 0 Å². The maximum absolute atomic E-state index is 6.00. The zero-order valence-electron chi connectivity index (χ0n) is 10.7. The van der Waals surface area contributed by atoms with Crippen LogP contribution >= 0.6 is 0 Å². The molecule has 0 bridgehead atoms. The van der Waals surface area contributed by atoms with Crippen LogP contribution in [0.3, 0.4) is 0 Å². The van der Waals surface area contributed by atoms with Crippen molar-refractivity contribution in [1.82, 2.24) is 0 Å². The van der Waals surface area contributed by atoms with Gasteiger partial charge in [-0.15, -0.1) is 0 Å². The smallest absolute Gasteiger partial charge is 0.139 e. The van der Waals surface area contributed by atoms with Gasteiger partial charge in [0.1, 0.15) is 22.7 Å². The lowest BCUT2D eigenvalue weighted by Gasteiger charge is -2.06. The van der Waals surface area contributed by atoms with Crippen molar-refractivity contribution in [1.29, 1.82) is 0 Å². The number of ether oxygens (including phenoxy) is 1. The molecular formula is C18H12O2. The predicted octanol–water partition coefficient (Wildman–Crippen LogP) is 5.38. The van der Waals surface area contributed by atoms with Crippen molar-refractivity contribution in [2.24, 2.45) is 0 Å². The van der Waals surface area contributed by atoms with Crippen LogP contribution in [0.25, 0.3) is 21.9 Å². The van der Waals surface area contributed by atoms with Crippen molar-refractivity contribution >= 4 is 21.9 Å². The lowest BCUT2D eigenvalue weighted by Crippen LogP contribution is -1.84. The summed E-state index contributed by atoms with van der Waals surface area (Å²) in [5.74, 6) is 1.64. The highest BCUT2D eigenvalue weighted by Crippen LogP contribution is 2.37. The van der Waals surface area contributed by atoms with E-state index in [1.54, 1.807) is 0 Å². The predicted molar refractivity (Wildman–Crippen MR) is 80.2 cm³/mol. The van der Waals surface area contributed by atoms with E-state index in [2.05, 4.69) is 6.07 Å². The van der Waals surface area contributed by atoms with E-state index in [1.807, 2.05) is 66.7 Å². The second kappa shape index (κ2) is 4.42. The van der Waals surface area contributed by atoms with Crippen molar-refractivity contribution in [3.05, 3.63) is 72.8 Å². The van der Waals surface area contributed by atoms with Crippen molar-refractivity contribution in [3.8, 4) is 11.5 Å². The summed E-state index contributed by atoms with van der Waals surface area (Å²) in [5.41, 5.74) is 1.73. The Balaban J connectivity index is 1.95. The third-order valence-electron chi connectivity index (χ3n) is 3.34. The molecule has 0 aliphatic carbocycles. The Bertz CT molecular complexity index is 876. The second-order valence-corrected chi connectivity index (χ2v) is 4.64. The van der Waals surface area contributed by atoms with Crippen LogP contribution in [0, 0.1) is 0 Å². The number of hydrogen-bond acceptors (Lipinski definition) is 2. The molecule has 0 saturated carbocycles. The van der Waals surface area contributed by atoms with E-state index in [1.165, 1.54) is 0 Å². The monoisotopic (exact) mass is 260 g/mol. The molecule has 2 nitrogen and oxygen atoms in total. The summed E-state index contributed by atoms with van der Waals surface area (Å²) in [7, 11) is 0. The van der Waals surface area contributed by atoms with Crippen LogP contribution in [-0.2, 0) is 0 Å². The molecule has 0 saturated heterocycles. The molecule has 20 heavy (non-hydrogen) atoms. The van der Waals surface area contributed by atoms with Crippen LogP contribution in [0.5, 0.6) is 11.5 Å². The van der Waals surface area contributed by atoms with Crippen molar-refractivity contribution in [3.63, 3.8) is 0 Å². The molecule has 1 heterocycles. The van der Waals surface area contributed by atoms with E-state index in [9.17, 15) is 0 Å². The molecule has 0 aliphatic rings. The third-order valence-corrected chi connectivity index (χ3v) is 3.34. The standard InChI is InChI=1S/C18H12O2/c1-2-7-13(8-3-1)19-16-11-6-12-17-18(16)14-9-4-5-10-15(14)20-17/h1-12H. The zero-order chi connectivity index (χ0) is 13.4. The van der Waals surface area contributed by atoms with Gasteiger partial charge in [0.15, 0.2) is 0 Å². The lowest BCUT2D eigenvalue weighted by atomic mass is 10.1. The molecule has 0 atom stereocenters. The van der Waals surface area contributed by atoms with Gasteiger partial charge >= 0.3 is 0 Å². The highest BCUT2D eigenvalue weighted by molar-refractivity contribution is 6.08. The molecule has 4 rings (SSSR count). The second-order valence-electron chi connectivity index (χ2n) is 4.64. The fourth-order valence-corrected chi connectivity index (χ4v) is 2.44. The topological polar surface area (TPSA) is 22.4 Å². The molecule has 0 unspecified atom stereocenters. The Morgan fingerprint density at radius 1 is 0.650 bits per heavy atom. The first-order valence-electron chi connectivity index (χ1n) is 6.55. The molecule has 96 valence electrons. The van der Waals surface area contributed by atoms with E-state index in [4.69, 9.17) is 9.15 Å². The van der Waals surface area contributed by atoms with Gasteiger partial charge in [0, 0.05) is 5.39 Å². The average Bonchev–Trinajstić information content (AvgIpc) is 2.88. The fraction of sp³-hybridized carbons (Fsp3) is 0. The Morgan fingerprint density at radius 3 is 2.30 bits per heavy atom. The molecule has 4 aromatic rings. The van der Waals surface area contributed by atoms with E-state index in [0.29, 0.717) is 0 Å². The van der Waals surface area contributed by atoms with Crippen LogP contribution in [0.1, 0.15) is 0 Å². The number of benzene rings is 3. The first kappa shape index (κ1) is 11.1. The number of hydrogen-bond donors (Lipinski definition) is 0. The number of rotatable bonds is 2. The van der Waals surface area contributed by atoms with Crippen LogP contribution < -0.4 is 4.74 Å². The molecule has 0 N–H and O–H groups in total. The molecule has 0 radical (unpaired) electrons. The molecule has 0 spiro atoms. The minimum atomic E-state index is 0.818. The van der Waals surface area contributed by atoms with Gasteiger partial charge in [-0.1, -0.05) is 42.5 Å². The summed E-state index contributed by atoms with van der Waals surface area (Å²) < 4.78 is 11.8. The maximum atomic E-state index is 6.00. The number of furan rings is 1. The normalized spacial score (nSPS) is 11.0. The van der Waals surface area contributed by atoms with Crippen molar-refractivity contribution in [2.75, 3.05) is 0 Å². The molecular weight excluding hydrogens is 248 g/mol. The van der Waals surface area contributed by atoms with Gasteiger partial charge in [-0.2, -0.15) is 0 Å². The summed E-state index contributed by atoms with van der Waals surface area (Å²) in [4.78, 5) is 0. The zero-order valence-corrected chi connectivity index (χ0v) is 10.7. The first-order chi connectivity index (χ1) is 9.92. The summed E-state index contributed by atoms with van der Waals surface area (Å²) in [6.45, 7) is 0. The summed E-state index contributed by atoms with van der Waals surface area (Å²) in [5, 5.41) is 2.10. The van der Waals surface area contributed by atoms with E-state index < -0.39 is 0 Å².